The van der Waals surface area contributed by atoms with E-state index in [4.69, 9.17) is 4.98 Å². The number of rotatable bonds is 6. The van der Waals surface area contributed by atoms with Gasteiger partial charge in [-0.1, -0.05) is 115 Å². The van der Waals surface area contributed by atoms with Crippen molar-refractivity contribution in [2.45, 2.75) is 24.5 Å². The molecular weight excluding hydrogens is 455 g/mol. The molecule has 1 unspecified atom stereocenters. The maximum Gasteiger partial charge on any atom is 0.0804 e. The Morgan fingerprint density at radius 2 is 1.17 bits per heavy atom. The maximum atomic E-state index is 5.27. The molecule has 2 heterocycles. The summed E-state index contributed by atoms with van der Waals surface area (Å²) < 4.78 is 0. The first-order chi connectivity index (χ1) is 17.9. The number of aromatic nitrogens is 1. The Hall–Kier alpha value is -3.32. The molecule has 1 atom stereocenters. The lowest BCUT2D eigenvalue weighted by molar-refractivity contribution is 0.195. The van der Waals surface area contributed by atoms with E-state index in [1.807, 2.05) is 0 Å². The molecule has 2 nitrogen and oxygen atoms in total. The fourth-order valence-corrected chi connectivity index (χ4v) is 8.33. The zero-order valence-electron chi connectivity index (χ0n) is 20.4. The predicted octanol–water partition coefficient (Wildman–Crippen LogP) is 7.25. The van der Waals surface area contributed by atoms with Crippen molar-refractivity contribution in [2.75, 3.05) is 13.1 Å². The second kappa shape index (κ2) is 10.7. The molecule has 1 aliphatic rings. The highest BCUT2D eigenvalue weighted by atomic mass is 31.1. The second-order valence-corrected chi connectivity index (χ2v) is 11.8. The molecule has 0 N–H and O–H groups in total. The van der Waals surface area contributed by atoms with Crippen LogP contribution in [0.4, 0.5) is 0 Å². The summed E-state index contributed by atoms with van der Waals surface area (Å²) in [7, 11) is -0.674. The van der Waals surface area contributed by atoms with E-state index in [-0.39, 0.29) is 5.78 Å². The molecule has 0 radical (unpaired) electrons. The summed E-state index contributed by atoms with van der Waals surface area (Å²) in [5, 5.41) is 4.01. The van der Waals surface area contributed by atoms with Gasteiger partial charge in [0, 0.05) is 5.39 Å². The zero-order valence-corrected chi connectivity index (χ0v) is 21.3. The molecule has 0 amide bonds. The quantitative estimate of drug-likeness (QED) is 0.235. The molecular formula is C33H31N2P. The lowest BCUT2D eigenvalue weighted by atomic mass is 9.89. The Morgan fingerprint density at radius 3 is 1.81 bits per heavy atom. The lowest BCUT2D eigenvalue weighted by Gasteiger charge is -2.41. The Balaban J connectivity index is 1.42. The summed E-state index contributed by atoms with van der Waals surface area (Å²) in [5.74, 6) is 0.860. The smallest absolute Gasteiger partial charge is 0.0804 e. The molecule has 3 heteroatoms. The van der Waals surface area contributed by atoms with Gasteiger partial charge < -0.3 is 0 Å². The average molecular weight is 487 g/mol. The van der Waals surface area contributed by atoms with Crippen LogP contribution in [0.5, 0.6) is 0 Å². The van der Waals surface area contributed by atoms with Crippen molar-refractivity contribution < 1.29 is 0 Å². The van der Waals surface area contributed by atoms with Gasteiger partial charge in [0.05, 0.1) is 17.0 Å². The summed E-state index contributed by atoms with van der Waals surface area (Å²) in [6.45, 7) is 2.16. The molecule has 0 aliphatic carbocycles. The predicted molar refractivity (Wildman–Crippen MR) is 154 cm³/mol. The highest BCUT2D eigenvalue weighted by molar-refractivity contribution is 7.73. The fourth-order valence-electron chi connectivity index (χ4n) is 5.52. The Labute approximate surface area is 215 Å². The highest BCUT2D eigenvalue weighted by Gasteiger charge is 2.35. The third-order valence-corrected chi connectivity index (χ3v) is 10.1. The van der Waals surface area contributed by atoms with Crippen LogP contribution in [-0.2, 0) is 0 Å². The molecule has 6 rings (SSSR count). The standard InChI is InChI=1S/C33H31N2P/c1-4-12-26(13-5-1)27-22-24-35(25-23-27)33(32-21-20-28-14-10-11-19-31(28)34-32)36(29-15-6-2-7-16-29)30-17-8-3-9-18-30/h1-21,27,33H,22-25H2. The van der Waals surface area contributed by atoms with E-state index >= 15 is 0 Å². The van der Waals surface area contributed by atoms with Crippen molar-refractivity contribution in [3.8, 4) is 0 Å². The number of likely N-dealkylation sites (tertiary alicyclic amines) is 1. The minimum atomic E-state index is -0.674. The van der Waals surface area contributed by atoms with E-state index in [0.717, 1.165) is 18.6 Å². The number of hydrogen-bond acceptors (Lipinski definition) is 2. The van der Waals surface area contributed by atoms with Crippen LogP contribution in [0.2, 0.25) is 0 Å². The summed E-state index contributed by atoms with van der Waals surface area (Å²) in [4.78, 5) is 8.00. The van der Waals surface area contributed by atoms with E-state index in [0.29, 0.717) is 5.92 Å². The molecule has 5 aromatic rings. The van der Waals surface area contributed by atoms with Gasteiger partial charge in [-0.2, -0.15) is 0 Å². The minimum Gasteiger partial charge on any atom is -0.291 e. The summed E-state index contributed by atoms with van der Waals surface area (Å²) in [6, 6.07) is 46.3. The van der Waals surface area contributed by atoms with Gasteiger partial charge in [-0.3, -0.25) is 9.88 Å². The molecule has 1 aliphatic heterocycles. The number of nitrogens with zero attached hydrogens (tertiary/aromatic N) is 2. The van der Waals surface area contributed by atoms with E-state index in [1.54, 1.807) is 0 Å². The summed E-state index contributed by atoms with van der Waals surface area (Å²) in [5.41, 5.74) is 3.74. The van der Waals surface area contributed by atoms with E-state index in [9.17, 15) is 0 Å². The fraction of sp³-hybridized carbons (Fsp3) is 0.182. The SMILES string of the molecule is c1ccc(C2CCN(C(c3ccc4ccccc4n3)P(c3ccccc3)c3ccccc3)CC2)cc1. The molecule has 178 valence electrons. The number of piperidine rings is 1. The van der Waals surface area contributed by atoms with Crippen LogP contribution < -0.4 is 10.6 Å². The molecule has 0 bridgehead atoms. The third-order valence-electron chi connectivity index (χ3n) is 7.34. The van der Waals surface area contributed by atoms with Crippen LogP contribution in [-0.4, -0.2) is 23.0 Å². The van der Waals surface area contributed by atoms with Gasteiger partial charge >= 0.3 is 0 Å². The van der Waals surface area contributed by atoms with Crippen LogP contribution in [0, 0.1) is 0 Å². The van der Waals surface area contributed by atoms with Gasteiger partial charge in [0.2, 0.25) is 0 Å². The van der Waals surface area contributed by atoms with E-state index in [2.05, 4.69) is 132 Å². The van der Waals surface area contributed by atoms with Gasteiger partial charge in [-0.15, -0.1) is 0 Å². The maximum absolute atomic E-state index is 5.27. The van der Waals surface area contributed by atoms with Crippen molar-refractivity contribution >= 4 is 29.4 Å². The summed E-state index contributed by atoms with van der Waals surface area (Å²) in [6.07, 6.45) is 2.36. The molecule has 1 fully saturated rings. The average Bonchev–Trinajstić information content (AvgIpc) is 2.97. The number of hydrogen-bond donors (Lipinski definition) is 0. The van der Waals surface area contributed by atoms with Crippen molar-refractivity contribution in [3.05, 3.63) is 139 Å². The molecule has 36 heavy (non-hydrogen) atoms. The number of pyridine rings is 1. The van der Waals surface area contributed by atoms with Gasteiger partial charge in [0.15, 0.2) is 0 Å². The van der Waals surface area contributed by atoms with Gasteiger partial charge in [-0.05, 0) is 68.1 Å². The number of fused-ring (bicyclic) bond motifs is 1. The molecule has 4 aromatic carbocycles. The normalized spacial score (nSPS) is 15.8. The van der Waals surface area contributed by atoms with Crippen molar-refractivity contribution in [2.24, 2.45) is 0 Å². The van der Waals surface area contributed by atoms with E-state index < -0.39 is 7.92 Å². The monoisotopic (exact) mass is 486 g/mol. The third kappa shape index (κ3) is 4.85. The summed E-state index contributed by atoms with van der Waals surface area (Å²) >= 11 is 0. The molecule has 0 spiro atoms. The molecule has 1 aromatic heterocycles. The van der Waals surface area contributed by atoms with Gasteiger partial charge in [0.1, 0.15) is 0 Å². The van der Waals surface area contributed by atoms with Crippen LogP contribution in [0.1, 0.15) is 35.8 Å². The second-order valence-electron chi connectivity index (χ2n) is 9.56. The van der Waals surface area contributed by atoms with Crippen molar-refractivity contribution in [1.29, 1.82) is 0 Å². The van der Waals surface area contributed by atoms with E-state index in [1.165, 1.54) is 40.1 Å². The van der Waals surface area contributed by atoms with Crippen LogP contribution in [0.25, 0.3) is 10.9 Å². The van der Waals surface area contributed by atoms with Gasteiger partial charge in [-0.25, -0.2) is 0 Å². The van der Waals surface area contributed by atoms with Gasteiger partial charge in [0.25, 0.3) is 0 Å². The molecule has 0 saturated carbocycles. The highest BCUT2D eigenvalue weighted by Crippen LogP contribution is 2.52. The topological polar surface area (TPSA) is 16.1 Å². The Kier molecular flexibility index (Phi) is 6.89. The Bertz CT molecular complexity index is 1360. The minimum absolute atomic E-state index is 0.228. The first-order valence-corrected chi connectivity index (χ1v) is 14.3. The van der Waals surface area contributed by atoms with Crippen molar-refractivity contribution in [1.82, 2.24) is 9.88 Å². The van der Waals surface area contributed by atoms with Crippen LogP contribution >= 0.6 is 7.92 Å². The number of para-hydroxylation sites is 1. The Morgan fingerprint density at radius 1 is 0.611 bits per heavy atom. The first-order valence-electron chi connectivity index (χ1n) is 12.9. The largest absolute Gasteiger partial charge is 0.291 e. The number of benzene rings is 4. The lowest BCUT2D eigenvalue weighted by Crippen LogP contribution is -2.38. The first kappa shape index (κ1) is 23.1. The van der Waals surface area contributed by atoms with Crippen molar-refractivity contribution in [3.63, 3.8) is 0 Å². The van der Waals surface area contributed by atoms with Crippen LogP contribution in [0.15, 0.2) is 127 Å². The molecule has 1 saturated heterocycles. The zero-order chi connectivity index (χ0) is 24.2. The van der Waals surface area contributed by atoms with Crippen LogP contribution in [0.3, 0.4) is 0 Å².